The van der Waals surface area contributed by atoms with Crippen molar-refractivity contribution >= 4 is 16.0 Å². The monoisotopic (exact) mass is 341 g/mol. The van der Waals surface area contributed by atoms with Gasteiger partial charge < -0.3 is 14.6 Å². The van der Waals surface area contributed by atoms with E-state index < -0.39 is 16.0 Å². The first-order valence-electron chi connectivity index (χ1n) is 7.38. The van der Waals surface area contributed by atoms with Crippen LogP contribution >= 0.6 is 0 Å². The van der Waals surface area contributed by atoms with Crippen molar-refractivity contribution in [2.45, 2.75) is 11.3 Å². The molecule has 2 aliphatic rings. The van der Waals surface area contributed by atoms with Crippen LogP contribution in [-0.4, -0.2) is 57.2 Å². The molecule has 3 rings (SSSR count). The molecule has 0 saturated carbocycles. The molecule has 0 aliphatic carbocycles. The van der Waals surface area contributed by atoms with E-state index in [1.807, 2.05) is 0 Å². The molecule has 0 aromatic heterocycles. The second-order valence-electron chi connectivity index (χ2n) is 5.92. The number of aliphatic carboxylic acids is 1. The quantitative estimate of drug-likeness (QED) is 0.842. The van der Waals surface area contributed by atoms with Crippen LogP contribution in [0.1, 0.15) is 5.56 Å². The van der Waals surface area contributed by atoms with Gasteiger partial charge in [-0.05, 0) is 23.8 Å². The lowest BCUT2D eigenvalue weighted by atomic mass is 10.0. The normalized spacial score (nSPS) is 24.6. The van der Waals surface area contributed by atoms with Crippen LogP contribution in [0, 0.1) is 11.8 Å². The Bertz CT molecular complexity index is 705. The molecule has 23 heavy (non-hydrogen) atoms. The molecule has 1 aromatic carbocycles. The predicted molar refractivity (Wildman–Crippen MR) is 80.9 cm³/mol. The first-order valence-corrected chi connectivity index (χ1v) is 8.82. The van der Waals surface area contributed by atoms with Crippen LogP contribution < -0.4 is 4.74 Å². The van der Waals surface area contributed by atoms with Crippen LogP contribution in [0.25, 0.3) is 0 Å². The summed E-state index contributed by atoms with van der Waals surface area (Å²) in [5.74, 6) is -0.190. The van der Waals surface area contributed by atoms with Crippen LogP contribution in [0.15, 0.2) is 23.1 Å². The van der Waals surface area contributed by atoms with Gasteiger partial charge in [-0.25, -0.2) is 8.42 Å². The smallest absolute Gasteiger partial charge is 0.307 e. The molecular formula is C15H19NO6S. The van der Waals surface area contributed by atoms with E-state index in [0.717, 1.165) is 0 Å². The van der Waals surface area contributed by atoms with Crippen LogP contribution in [0.4, 0.5) is 0 Å². The van der Waals surface area contributed by atoms with Gasteiger partial charge in [-0.15, -0.1) is 0 Å². The summed E-state index contributed by atoms with van der Waals surface area (Å²) in [6.07, 6.45) is -0.366. The SMILES string of the molecule is COc1ccc(S(=O)(=O)N2C[C@H]3COC[C@H]3C2)c(CC(=O)O)c1. The maximum absolute atomic E-state index is 12.9. The second kappa shape index (κ2) is 6.10. The third-order valence-electron chi connectivity index (χ3n) is 4.43. The first-order chi connectivity index (χ1) is 10.9. The highest BCUT2D eigenvalue weighted by molar-refractivity contribution is 7.89. The molecule has 1 N–H and O–H groups in total. The van der Waals surface area contributed by atoms with Gasteiger partial charge >= 0.3 is 5.97 Å². The van der Waals surface area contributed by atoms with E-state index in [9.17, 15) is 13.2 Å². The fraction of sp³-hybridized carbons (Fsp3) is 0.533. The molecule has 0 bridgehead atoms. The fourth-order valence-corrected chi connectivity index (χ4v) is 4.97. The summed E-state index contributed by atoms with van der Waals surface area (Å²) in [7, 11) is -2.27. The number of methoxy groups -OCH3 is 1. The number of rotatable bonds is 5. The first kappa shape index (κ1) is 16.2. The van der Waals surface area contributed by atoms with Gasteiger partial charge in [0, 0.05) is 24.9 Å². The maximum atomic E-state index is 12.9. The summed E-state index contributed by atoms with van der Waals surface area (Å²) in [5, 5.41) is 9.05. The van der Waals surface area contributed by atoms with Crippen molar-refractivity contribution in [3.63, 3.8) is 0 Å². The van der Waals surface area contributed by atoms with Crippen molar-refractivity contribution < 1.29 is 27.8 Å². The summed E-state index contributed by atoms with van der Waals surface area (Å²) in [5.41, 5.74) is 0.241. The Hall–Kier alpha value is -1.64. The number of nitrogens with zero attached hydrogens (tertiary/aromatic N) is 1. The number of sulfonamides is 1. The topological polar surface area (TPSA) is 93.1 Å². The summed E-state index contributed by atoms with van der Waals surface area (Å²) in [4.78, 5) is 11.1. The Kier molecular flexibility index (Phi) is 4.31. The van der Waals surface area contributed by atoms with Crippen molar-refractivity contribution in [2.24, 2.45) is 11.8 Å². The van der Waals surface area contributed by atoms with E-state index in [4.69, 9.17) is 14.6 Å². The summed E-state index contributed by atoms with van der Waals surface area (Å²) < 4.78 is 37.7. The molecule has 1 aromatic rings. The van der Waals surface area contributed by atoms with Crippen molar-refractivity contribution in [2.75, 3.05) is 33.4 Å². The number of carbonyl (C=O) groups is 1. The molecule has 2 atom stereocenters. The Morgan fingerprint density at radius 1 is 1.35 bits per heavy atom. The summed E-state index contributed by atoms with van der Waals surface area (Å²) in [6.45, 7) is 2.01. The number of fused-ring (bicyclic) bond motifs is 1. The lowest BCUT2D eigenvalue weighted by Gasteiger charge is -2.19. The maximum Gasteiger partial charge on any atom is 0.307 e. The van der Waals surface area contributed by atoms with Crippen LogP contribution in [0.3, 0.4) is 0 Å². The minimum absolute atomic E-state index is 0.0431. The molecule has 0 amide bonds. The molecule has 2 fully saturated rings. The van der Waals surface area contributed by atoms with E-state index in [1.165, 1.54) is 29.6 Å². The van der Waals surface area contributed by atoms with Crippen molar-refractivity contribution in [3.8, 4) is 5.75 Å². The van der Waals surface area contributed by atoms with Gasteiger partial charge in [0.15, 0.2) is 0 Å². The third kappa shape index (κ3) is 3.06. The van der Waals surface area contributed by atoms with Gasteiger partial charge in [0.05, 0.1) is 31.6 Å². The standard InChI is InChI=1S/C15H19NO6S/c1-21-13-2-3-14(10(4-13)5-15(17)18)23(19,20)16-6-11-8-22-9-12(11)7-16/h2-4,11-12H,5-9H2,1H3,(H,17,18)/t11-,12+. The predicted octanol–water partition coefficient (Wildman–Crippen LogP) is 0.589. The van der Waals surface area contributed by atoms with Gasteiger partial charge in [0.1, 0.15) is 5.75 Å². The minimum Gasteiger partial charge on any atom is -0.497 e. The highest BCUT2D eigenvalue weighted by atomic mass is 32.2. The van der Waals surface area contributed by atoms with Crippen LogP contribution in [0.2, 0.25) is 0 Å². The van der Waals surface area contributed by atoms with E-state index >= 15 is 0 Å². The molecule has 126 valence electrons. The van der Waals surface area contributed by atoms with E-state index in [2.05, 4.69) is 0 Å². The molecule has 0 radical (unpaired) electrons. The highest BCUT2D eigenvalue weighted by Gasteiger charge is 2.42. The number of carboxylic acids is 1. The van der Waals surface area contributed by atoms with Crippen LogP contribution in [-0.2, 0) is 26.0 Å². The number of hydrogen-bond acceptors (Lipinski definition) is 5. The average Bonchev–Trinajstić information content (AvgIpc) is 3.07. The zero-order valence-electron chi connectivity index (χ0n) is 12.8. The zero-order chi connectivity index (χ0) is 16.6. The molecule has 0 spiro atoms. The third-order valence-corrected chi connectivity index (χ3v) is 6.37. The molecule has 2 aliphatic heterocycles. The molecular weight excluding hydrogens is 322 g/mol. The van der Waals surface area contributed by atoms with E-state index in [-0.39, 0.29) is 28.7 Å². The fourth-order valence-electron chi connectivity index (χ4n) is 3.22. The molecule has 2 saturated heterocycles. The molecule has 2 heterocycles. The second-order valence-corrected chi connectivity index (χ2v) is 7.83. The van der Waals surface area contributed by atoms with Crippen LogP contribution in [0.5, 0.6) is 5.75 Å². The van der Waals surface area contributed by atoms with Crippen molar-refractivity contribution in [1.82, 2.24) is 4.31 Å². The average molecular weight is 341 g/mol. The number of ether oxygens (including phenoxy) is 2. The van der Waals surface area contributed by atoms with Gasteiger partial charge in [-0.3, -0.25) is 4.79 Å². The minimum atomic E-state index is -3.72. The number of carboxylic acid groups (broad SMARTS) is 1. The lowest BCUT2D eigenvalue weighted by molar-refractivity contribution is -0.136. The van der Waals surface area contributed by atoms with Gasteiger partial charge in [0.2, 0.25) is 10.0 Å². The Balaban J connectivity index is 1.94. The van der Waals surface area contributed by atoms with Crippen molar-refractivity contribution in [3.05, 3.63) is 23.8 Å². The van der Waals surface area contributed by atoms with Gasteiger partial charge in [-0.2, -0.15) is 4.31 Å². The molecule has 0 unspecified atom stereocenters. The largest absolute Gasteiger partial charge is 0.497 e. The Morgan fingerprint density at radius 3 is 2.57 bits per heavy atom. The molecule has 7 nitrogen and oxygen atoms in total. The number of hydrogen-bond donors (Lipinski definition) is 1. The zero-order valence-corrected chi connectivity index (χ0v) is 13.6. The highest BCUT2D eigenvalue weighted by Crippen LogP contribution is 2.34. The number of benzene rings is 1. The van der Waals surface area contributed by atoms with E-state index in [0.29, 0.717) is 32.1 Å². The van der Waals surface area contributed by atoms with Crippen molar-refractivity contribution in [1.29, 1.82) is 0 Å². The Labute approximate surface area is 134 Å². The van der Waals surface area contributed by atoms with Gasteiger partial charge in [0.25, 0.3) is 0 Å². The summed E-state index contributed by atoms with van der Waals surface area (Å²) >= 11 is 0. The van der Waals surface area contributed by atoms with E-state index in [1.54, 1.807) is 0 Å². The lowest BCUT2D eigenvalue weighted by Crippen LogP contribution is -2.31. The summed E-state index contributed by atoms with van der Waals surface area (Å²) in [6, 6.07) is 4.44. The molecule has 8 heteroatoms. The Morgan fingerprint density at radius 2 is 2.00 bits per heavy atom. The van der Waals surface area contributed by atoms with Gasteiger partial charge in [-0.1, -0.05) is 0 Å².